The van der Waals surface area contributed by atoms with Crippen molar-refractivity contribution in [2.45, 2.75) is 56.2 Å². The third-order valence-electron chi connectivity index (χ3n) is 3.71. The standard InChI is InChI=1S/C12H20N2O3S2/c1-3-9-5-4-6-10(7-9)14-19(16,17)11-8(2)13-12(15)18-11/h9-10,14H,3-7H2,1-2H3,(H,13,15). The summed E-state index contributed by atoms with van der Waals surface area (Å²) in [5.41, 5.74) is 0.422. The van der Waals surface area contributed by atoms with Crippen molar-refractivity contribution in [1.82, 2.24) is 9.71 Å². The van der Waals surface area contributed by atoms with Gasteiger partial charge in [0.2, 0.25) is 0 Å². The number of rotatable bonds is 4. The maximum Gasteiger partial charge on any atom is 0.305 e. The normalized spacial score (nSPS) is 24.5. The highest BCUT2D eigenvalue weighted by Gasteiger charge is 2.27. The fraction of sp³-hybridized carbons (Fsp3) is 0.750. The van der Waals surface area contributed by atoms with Crippen LogP contribution >= 0.6 is 11.3 Å². The van der Waals surface area contributed by atoms with Crippen molar-refractivity contribution in [3.05, 3.63) is 15.4 Å². The molecule has 0 aromatic carbocycles. The maximum absolute atomic E-state index is 12.3. The zero-order chi connectivity index (χ0) is 14.0. The second-order valence-electron chi connectivity index (χ2n) is 5.19. The van der Waals surface area contributed by atoms with Gasteiger partial charge in [-0.3, -0.25) is 4.79 Å². The zero-order valence-corrected chi connectivity index (χ0v) is 12.9. The van der Waals surface area contributed by atoms with Crippen LogP contribution in [0.4, 0.5) is 0 Å². The summed E-state index contributed by atoms with van der Waals surface area (Å²) < 4.78 is 27.4. The van der Waals surface area contributed by atoms with E-state index in [9.17, 15) is 13.2 Å². The smallest absolute Gasteiger partial charge is 0.305 e. The van der Waals surface area contributed by atoms with Gasteiger partial charge in [0.05, 0.1) is 0 Å². The molecule has 1 aromatic heterocycles. The summed E-state index contributed by atoms with van der Waals surface area (Å²) in [6, 6.07) is 0.000280. The first kappa shape index (κ1) is 14.7. The number of hydrogen-bond acceptors (Lipinski definition) is 4. The Morgan fingerprint density at radius 3 is 2.74 bits per heavy atom. The Morgan fingerprint density at radius 2 is 2.16 bits per heavy atom. The first-order chi connectivity index (χ1) is 8.92. The van der Waals surface area contributed by atoms with E-state index in [1.807, 2.05) is 0 Å². The van der Waals surface area contributed by atoms with E-state index in [1.54, 1.807) is 6.92 Å². The van der Waals surface area contributed by atoms with Crippen LogP contribution in [-0.4, -0.2) is 19.4 Å². The Balaban J connectivity index is 2.13. The lowest BCUT2D eigenvalue weighted by Gasteiger charge is -2.28. The summed E-state index contributed by atoms with van der Waals surface area (Å²) in [4.78, 5) is 13.4. The molecule has 0 saturated heterocycles. The predicted octanol–water partition coefficient (Wildman–Crippen LogP) is 1.99. The molecule has 0 bridgehead atoms. The molecule has 19 heavy (non-hydrogen) atoms. The van der Waals surface area contributed by atoms with Crippen molar-refractivity contribution in [2.24, 2.45) is 5.92 Å². The lowest BCUT2D eigenvalue weighted by Crippen LogP contribution is -2.38. The molecule has 0 radical (unpaired) electrons. The van der Waals surface area contributed by atoms with E-state index < -0.39 is 10.0 Å². The molecule has 1 saturated carbocycles. The Labute approximate surface area is 117 Å². The molecule has 7 heteroatoms. The topological polar surface area (TPSA) is 79.0 Å². The minimum absolute atomic E-state index is 0.000280. The molecule has 0 amide bonds. The molecule has 2 atom stereocenters. The summed E-state index contributed by atoms with van der Waals surface area (Å²) in [5.74, 6) is 0.604. The minimum Gasteiger partial charge on any atom is -0.315 e. The first-order valence-electron chi connectivity index (χ1n) is 6.64. The Morgan fingerprint density at radius 1 is 1.42 bits per heavy atom. The third kappa shape index (κ3) is 3.46. The van der Waals surface area contributed by atoms with E-state index in [-0.39, 0.29) is 15.1 Å². The molecular formula is C12H20N2O3S2. The number of sulfonamides is 1. The van der Waals surface area contributed by atoms with Crippen molar-refractivity contribution in [2.75, 3.05) is 0 Å². The largest absolute Gasteiger partial charge is 0.315 e. The number of aromatic amines is 1. The molecule has 1 fully saturated rings. The lowest BCUT2D eigenvalue weighted by molar-refractivity contribution is 0.301. The van der Waals surface area contributed by atoms with Crippen molar-refractivity contribution < 1.29 is 8.42 Å². The Bertz CT molecular complexity index is 588. The van der Waals surface area contributed by atoms with Gasteiger partial charge in [-0.1, -0.05) is 37.5 Å². The highest BCUT2D eigenvalue weighted by molar-refractivity contribution is 7.91. The molecule has 0 spiro atoms. The Hall–Kier alpha value is -0.660. The van der Waals surface area contributed by atoms with Crippen LogP contribution in [0, 0.1) is 12.8 Å². The number of thiazole rings is 1. The van der Waals surface area contributed by atoms with E-state index in [4.69, 9.17) is 0 Å². The van der Waals surface area contributed by atoms with E-state index in [2.05, 4.69) is 16.6 Å². The number of aryl methyl sites for hydroxylation is 1. The SMILES string of the molecule is CCC1CCCC(NS(=O)(=O)c2sc(=O)[nH]c2C)C1. The molecule has 1 aromatic rings. The van der Waals surface area contributed by atoms with E-state index >= 15 is 0 Å². The van der Waals surface area contributed by atoms with Gasteiger partial charge in [-0.2, -0.15) is 0 Å². The second kappa shape index (κ2) is 5.76. The van der Waals surface area contributed by atoms with Gasteiger partial charge in [-0.15, -0.1) is 0 Å². The predicted molar refractivity (Wildman–Crippen MR) is 76.0 cm³/mol. The zero-order valence-electron chi connectivity index (χ0n) is 11.2. The molecule has 2 N–H and O–H groups in total. The molecule has 1 heterocycles. The van der Waals surface area contributed by atoms with Crippen LogP contribution in [0.1, 0.15) is 44.7 Å². The number of nitrogens with one attached hydrogen (secondary N) is 2. The van der Waals surface area contributed by atoms with Crippen molar-refractivity contribution in [3.63, 3.8) is 0 Å². The highest BCUT2D eigenvalue weighted by Crippen LogP contribution is 2.28. The maximum atomic E-state index is 12.3. The summed E-state index contributed by atoms with van der Waals surface area (Å²) in [7, 11) is -3.56. The van der Waals surface area contributed by atoms with Gasteiger partial charge in [-0.25, -0.2) is 13.1 Å². The molecule has 108 valence electrons. The monoisotopic (exact) mass is 304 g/mol. The molecule has 1 aliphatic rings. The van der Waals surface area contributed by atoms with Crippen LogP contribution in [0.25, 0.3) is 0 Å². The molecule has 5 nitrogen and oxygen atoms in total. The van der Waals surface area contributed by atoms with E-state index in [0.717, 1.165) is 37.0 Å². The van der Waals surface area contributed by atoms with Crippen LogP contribution < -0.4 is 9.60 Å². The summed E-state index contributed by atoms with van der Waals surface area (Å²) in [6.07, 6.45) is 5.12. The van der Waals surface area contributed by atoms with Gasteiger partial charge >= 0.3 is 4.87 Å². The van der Waals surface area contributed by atoms with Crippen molar-refractivity contribution >= 4 is 21.4 Å². The summed E-state index contributed by atoms with van der Waals surface area (Å²) in [5, 5.41) is 0. The molecular weight excluding hydrogens is 284 g/mol. The Kier molecular flexibility index (Phi) is 4.47. The number of H-pyrrole nitrogens is 1. The van der Waals surface area contributed by atoms with Crippen LogP contribution in [0.15, 0.2) is 9.00 Å². The fourth-order valence-electron chi connectivity index (χ4n) is 2.69. The quantitative estimate of drug-likeness (QED) is 0.893. The van der Waals surface area contributed by atoms with Gasteiger partial charge in [-0.05, 0) is 25.7 Å². The van der Waals surface area contributed by atoms with Crippen LogP contribution in [0.3, 0.4) is 0 Å². The first-order valence-corrected chi connectivity index (χ1v) is 8.94. The molecule has 2 unspecified atom stereocenters. The van der Waals surface area contributed by atoms with Crippen molar-refractivity contribution in [1.29, 1.82) is 0 Å². The number of aromatic nitrogens is 1. The minimum atomic E-state index is -3.56. The lowest BCUT2D eigenvalue weighted by atomic mass is 9.85. The van der Waals surface area contributed by atoms with Crippen molar-refractivity contribution in [3.8, 4) is 0 Å². The van der Waals surface area contributed by atoms with Crippen LogP contribution in [0.5, 0.6) is 0 Å². The fourth-order valence-corrected chi connectivity index (χ4v) is 5.29. The van der Waals surface area contributed by atoms with Crippen LogP contribution in [-0.2, 0) is 10.0 Å². The molecule has 2 rings (SSSR count). The third-order valence-corrected chi connectivity index (χ3v) is 6.83. The number of hydrogen-bond donors (Lipinski definition) is 2. The van der Waals surface area contributed by atoms with Gasteiger partial charge in [0.15, 0.2) is 4.21 Å². The second-order valence-corrected chi connectivity index (χ2v) is 8.08. The molecule has 0 aliphatic heterocycles. The van der Waals surface area contributed by atoms with E-state index in [0.29, 0.717) is 11.6 Å². The van der Waals surface area contributed by atoms with Crippen LogP contribution in [0.2, 0.25) is 0 Å². The highest BCUT2D eigenvalue weighted by atomic mass is 32.2. The summed E-state index contributed by atoms with van der Waals surface area (Å²) >= 11 is 0.755. The van der Waals surface area contributed by atoms with Gasteiger partial charge in [0.1, 0.15) is 0 Å². The average Bonchev–Trinajstić information content (AvgIpc) is 2.69. The summed E-state index contributed by atoms with van der Waals surface area (Å²) in [6.45, 7) is 3.76. The van der Waals surface area contributed by atoms with Gasteiger partial charge in [0.25, 0.3) is 10.0 Å². The molecule has 1 aliphatic carbocycles. The van der Waals surface area contributed by atoms with Gasteiger partial charge in [0, 0.05) is 11.7 Å². The van der Waals surface area contributed by atoms with Gasteiger partial charge < -0.3 is 4.98 Å². The van der Waals surface area contributed by atoms with E-state index in [1.165, 1.54) is 6.42 Å². The average molecular weight is 304 g/mol.